The van der Waals surface area contributed by atoms with Crippen molar-refractivity contribution >= 4 is 26.3 Å². The van der Waals surface area contributed by atoms with Crippen LogP contribution in [-0.2, 0) is 10.0 Å². The van der Waals surface area contributed by atoms with Crippen LogP contribution in [0.25, 0.3) is 4.96 Å². The Hall–Kier alpha value is -0.920. The van der Waals surface area contributed by atoms with Crippen LogP contribution < -0.4 is 0 Å². The van der Waals surface area contributed by atoms with Gasteiger partial charge in [-0.3, -0.25) is 4.40 Å². The average molecular weight is 342 g/mol. The molecule has 3 heterocycles. The third-order valence-electron chi connectivity index (χ3n) is 4.30. The van der Waals surface area contributed by atoms with Gasteiger partial charge < -0.3 is 0 Å². The molecule has 0 radical (unpaired) electrons. The number of thiazole rings is 1. The molecular formula is C15H23N3O2S2. The molecule has 3 rings (SSSR count). The predicted octanol–water partition coefficient (Wildman–Crippen LogP) is 3.25. The fourth-order valence-corrected chi connectivity index (χ4v) is 5.69. The Labute approximate surface area is 136 Å². The van der Waals surface area contributed by atoms with Gasteiger partial charge in [0.2, 0.25) is 0 Å². The van der Waals surface area contributed by atoms with Gasteiger partial charge in [-0.05, 0) is 31.6 Å². The van der Waals surface area contributed by atoms with Crippen LogP contribution in [0.15, 0.2) is 11.2 Å². The number of aryl methyl sites for hydroxylation is 1. The number of piperidine rings is 1. The van der Waals surface area contributed by atoms with Crippen molar-refractivity contribution in [3.05, 3.63) is 16.8 Å². The average Bonchev–Trinajstić information content (AvgIpc) is 2.94. The van der Waals surface area contributed by atoms with E-state index in [-0.39, 0.29) is 5.92 Å². The highest BCUT2D eigenvalue weighted by Crippen LogP contribution is 2.32. The first-order chi connectivity index (χ1) is 10.3. The van der Waals surface area contributed by atoms with Crippen molar-refractivity contribution in [2.75, 3.05) is 13.1 Å². The zero-order valence-corrected chi connectivity index (χ0v) is 15.2. The molecule has 2 aromatic heterocycles. The summed E-state index contributed by atoms with van der Waals surface area (Å²) in [6.45, 7) is 9.37. The highest BCUT2D eigenvalue weighted by molar-refractivity contribution is 7.89. The highest BCUT2D eigenvalue weighted by atomic mass is 32.2. The summed E-state index contributed by atoms with van der Waals surface area (Å²) in [5.41, 5.74) is 0.685. The molecule has 0 aromatic carbocycles. The highest BCUT2D eigenvalue weighted by Gasteiger charge is 2.34. The molecule has 5 nitrogen and oxygen atoms in total. The van der Waals surface area contributed by atoms with Gasteiger partial charge in [0.1, 0.15) is 0 Å². The standard InChI is InChI=1S/C15H23N3O2S2/c1-10(2)13-14(18-9-12(4)21-15(18)16-13)22(19,20)17-7-5-11(3)6-8-17/h9-11H,5-8H2,1-4H3. The molecular weight excluding hydrogens is 318 g/mol. The summed E-state index contributed by atoms with van der Waals surface area (Å²) in [6.07, 6.45) is 3.75. The third kappa shape index (κ3) is 2.59. The minimum Gasteiger partial charge on any atom is -0.279 e. The molecule has 1 saturated heterocycles. The number of imidazole rings is 1. The summed E-state index contributed by atoms with van der Waals surface area (Å²) in [4.78, 5) is 6.42. The number of hydrogen-bond donors (Lipinski definition) is 0. The minimum absolute atomic E-state index is 0.0842. The monoisotopic (exact) mass is 341 g/mol. The van der Waals surface area contributed by atoms with Crippen LogP contribution >= 0.6 is 11.3 Å². The molecule has 1 fully saturated rings. The van der Waals surface area contributed by atoms with E-state index >= 15 is 0 Å². The Morgan fingerprint density at radius 2 is 1.95 bits per heavy atom. The van der Waals surface area contributed by atoms with Gasteiger partial charge in [0, 0.05) is 24.2 Å². The van der Waals surface area contributed by atoms with Gasteiger partial charge in [-0.25, -0.2) is 13.4 Å². The maximum Gasteiger partial charge on any atom is 0.261 e. The van der Waals surface area contributed by atoms with Crippen LogP contribution in [0.3, 0.4) is 0 Å². The summed E-state index contributed by atoms with van der Waals surface area (Å²) < 4.78 is 29.7. The molecule has 1 aliphatic rings. The predicted molar refractivity (Wildman–Crippen MR) is 89.1 cm³/mol. The van der Waals surface area contributed by atoms with E-state index in [1.165, 1.54) is 11.3 Å². The van der Waals surface area contributed by atoms with Gasteiger partial charge in [-0.1, -0.05) is 20.8 Å². The van der Waals surface area contributed by atoms with E-state index in [1.54, 1.807) is 8.71 Å². The van der Waals surface area contributed by atoms with Crippen molar-refractivity contribution in [2.45, 2.75) is 51.5 Å². The van der Waals surface area contributed by atoms with Crippen molar-refractivity contribution in [3.63, 3.8) is 0 Å². The number of fused-ring (bicyclic) bond motifs is 1. The molecule has 0 N–H and O–H groups in total. The quantitative estimate of drug-likeness (QED) is 0.861. The summed E-state index contributed by atoms with van der Waals surface area (Å²) >= 11 is 1.54. The molecule has 7 heteroatoms. The first-order valence-corrected chi connectivity index (χ1v) is 10.0. The van der Waals surface area contributed by atoms with E-state index in [4.69, 9.17) is 0 Å². The van der Waals surface area contributed by atoms with Gasteiger partial charge in [0.05, 0.1) is 5.69 Å². The molecule has 0 unspecified atom stereocenters. The largest absolute Gasteiger partial charge is 0.279 e. The van der Waals surface area contributed by atoms with E-state index in [0.29, 0.717) is 29.7 Å². The molecule has 0 saturated carbocycles. The zero-order chi connectivity index (χ0) is 16.1. The van der Waals surface area contributed by atoms with Crippen LogP contribution in [0.1, 0.15) is 50.1 Å². The van der Waals surface area contributed by atoms with Gasteiger partial charge in [0.25, 0.3) is 10.0 Å². The van der Waals surface area contributed by atoms with E-state index in [0.717, 1.165) is 22.7 Å². The molecule has 0 spiro atoms. The number of sulfonamides is 1. The van der Waals surface area contributed by atoms with E-state index in [1.807, 2.05) is 27.0 Å². The smallest absolute Gasteiger partial charge is 0.261 e. The van der Waals surface area contributed by atoms with Crippen molar-refractivity contribution in [3.8, 4) is 0 Å². The lowest BCUT2D eigenvalue weighted by Gasteiger charge is -2.29. The Kier molecular flexibility index (Phi) is 4.07. The number of nitrogens with zero attached hydrogens (tertiary/aromatic N) is 3. The Morgan fingerprint density at radius 1 is 1.32 bits per heavy atom. The summed E-state index contributed by atoms with van der Waals surface area (Å²) in [7, 11) is -3.49. The zero-order valence-electron chi connectivity index (χ0n) is 13.5. The molecule has 22 heavy (non-hydrogen) atoms. The maximum atomic E-state index is 13.2. The first-order valence-electron chi connectivity index (χ1n) is 7.79. The molecule has 1 aliphatic heterocycles. The molecule has 0 amide bonds. The second-order valence-corrected chi connectivity index (χ2v) is 9.60. The van der Waals surface area contributed by atoms with Crippen molar-refractivity contribution in [2.24, 2.45) is 5.92 Å². The topological polar surface area (TPSA) is 54.7 Å². The summed E-state index contributed by atoms with van der Waals surface area (Å²) in [6, 6.07) is 0. The van der Waals surface area contributed by atoms with Crippen LogP contribution in [0.2, 0.25) is 0 Å². The summed E-state index contributed by atoms with van der Waals surface area (Å²) in [5.74, 6) is 0.686. The van der Waals surface area contributed by atoms with Gasteiger partial charge in [-0.2, -0.15) is 4.31 Å². The van der Waals surface area contributed by atoms with Crippen molar-refractivity contribution in [1.82, 2.24) is 13.7 Å². The fourth-order valence-electron chi connectivity index (χ4n) is 2.93. The second-order valence-electron chi connectivity index (χ2n) is 6.54. The van der Waals surface area contributed by atoms with E-state index in [2.05, 4.69) is 11.9 Å². The Bertz CT molecular complexity index is 781. The lowest BCUT2D eigenvalue weighted by Crippen LogP contribution is -2.38. The summed E-state index contributed by atoms with van der Waals surface area (Å²) in [5, 5.41) is 0.372. The lowest BCUT2D eigenvalue weighted by atomic mass is 10.0. The van der Waals surface area contributed by atoms with Crippen molar-refractivity contribution in [1.29, 1.82) is 0 Å². The normalized spacial score (nSPS) is 18.6. The number of aromatic nitrogens is 2. The van der Waals surface area contributed by atoms with Gasteiger partial charge in [0.15, 0.2) is 9.99 Å². The maximum absolute atomic E-state index is 13.2. The van der Waals surface area contributed by atoms with Crippen LogP contribution in [-0.4, -0.2) is 35.2 Å². The third-order valence-corrected chi connectivity index (χ3v) is 7.13. The number of rotatable bonds is 3. The molecule has 0 aliphatic carbocycles. The van der Waals surface area contributed by atoms with E-state index in [9.17, 15) is 8.42 Å². The Balaban J connectivity index is 2.12. The number of hydrogen-bond acceptors (Lipinski definition) is 4. The molecule has 0 atom stereocenters. The fraction of sp³-hybridized carbons (Fsp3) is 0.667. The molecule has 2 aromatic rings. The van der Waals surface area contributed by atoms with Gasteiger partial charge >= 0.3 is 0 Å². The van der Waals surface area contributed by atoms with Crippen LogP contribution in [0.5, 0.6) is 0 Å². The first kappa shape index (κ1) is 16.0. The minimum atomic E-state index is -3.49. The van der Waals surface area contributed by atoms with Crippen LogP contribution in [0.4, 0.5) is 0 Å². The van der Waals surface area contributed by atoms with Crippen LogP contribution in [0, 0.1) is 12.8 Å². The Morgan fingerprint density at radius 3 is 2.55 bits per heavy atom. The lowest BCUT2D eigenvalue weighted by molar-refractivity contribution is 0.287. The van der Waals surface area contributed by atoms with E-state index < -0.39 is 10.0 Å². The van der Waals surface area contributed by atoms with Crippen molar-refractivity contribution < 1.29 is 8.42 Å². The van der Waals surface area contributed by atoms with Gasteiger partial charge in [-0.15, -0.1) is 11.3 Å². The SMILES string of the molecule is Cc1cn2c(S(=O)(=O)N3CCC(C)CC3)c(C(C)C)nc2s1. The molecule has 0 bridgehead atoms. The second kappa shape index (κ2) is 5.62. The molecule has 122 valence electrons.